The van der Waals surface area contributed by atoms with Crippen molar-refractivity contribution in [1.82, 2.24) is 20.2 Å². The number of rotatable bonds is 9. The zero-order valence-corrected chi connectivity index (χ0v) is 35.1. The first-order valence-electron chi connectivity index (χ1n) is 16.4. The van der Waals surface area contributed by atoms with Crippen LogP contribution >= 0.6 is 11.6 Å². The summed E-state index contributed by atoms with van der Waals surface area (Å²) in [4.78, 5) is 12.4. The molecule has 2 aromatic heterocycles. The van der Waals surface area contributed by atoms with E-state index in [0.717, 1.165) is 30.4 Å². The molecule has 2 saturated heterocycles. The average molecular weight is 1060 g/mol. The molecule has 3 aromatic carbocycles. The summed E-state index contributed by atoms with van der Waals surface area (Å²) in [6, 6.07) is 9.36. The molecule has 2 bridgehead atoms. The number of fused-ring (bicyclic) bond motifs is 7. The molecule has 1 aliphatic carbocycles. The Morgan fingerprint density at radius 3 is 2.65 bits per heavy atom. The molecule has 268 valence electrons. The number of benzene rings is 3. The number of ether oxygens (including phenoxy) is 4. The van der Waals surface area contributed by atoms with Gasteiger partial charge in [-0.05, 0) is 60.9 Å². The number of anilines is 1. The number of halogens is 2. The van der Waals surface area contributed by atoms with E-state index in [-0.39, 0.29) is 93.4 Å². The first-order chi connectivity index (χ1) is 23.9. The Labute approximate surface area is 337 Å². The molecule has 0 spiro atoms. The summed E-state index contributed by atoms with van der Waals surface area (Å²) < 4.78 is 40.9. The van der Waals surface area contributed by atoms with E-state index >= 15 is 4.39 Å². The van der Waals surface area contributed by atoms with Crippen LogP contribution in [-0.2, 0) is 56.1 Å². The minimum Gasteiger partial charge on any atom is -0.656 e. The van der Waals surface area contributed by atoms with E-state index in [1.54, 1.807) is 20.2 Å². The monoisotopic (exact) mass is 1060 g/mol. The Balaban J connectivity index is 0.00000155. The number of aromatic nitrogens is 4. The molecule has 5 aromatic rings. The van der Waals surface area contributed by atoms with Gasteiger partial charge in [-0.25, -0.2) is 4.39 Å². The number of terminal acetylenes is 1. The summed E-state index contributed by atoms with van der Waals surface area (Å²) >= 11 is 7.43. The van der Waals surface area contributed by atoms with Crippen LogP contribution in [0.25, 0.3) is 38.2 Å². The zero-order valence-electron chi connectivity index (χ0n) is 27.9. The van der Waals surface area contributed by atoms with Crippen LogP contribution in [0, 0.1) is 30.5 Å². The van der Waals surface area contributed by atoms with Crippen molar-refractivity contribution in [3.8, 4) is 41.0 Å². The minimum atomic E-state index is -0.444. The predicted molar refractivity (Wildman–Crippen MR) is 190 cm³/mol. The molecule has 52 heavy (non-hydrogen) atoms. The van der Waals surface area contributed by atoms with Gasteiger partial charge in [0.25, 0.3) is 0 Å². The number of nitrogens with zero attached hydrogens (tertiary/aromatic N) is 6. The maximum Gasteiger partial charge on any atom is 0.319 e. The summed E-state index contributed by atoms with van der Waals surface area (Å²) in [5.41, 5.74) is 3.72. The first kappa shape index (κ1) is 38.6. The summed E-state index contributed by atoms with van der Waals surface area (Å²) in [7, 11) is 1.70. The van der Waals surface area contributed by atoms with Crippen LogP contribution < -0.4 is 24.2 Å². The Bertz CT molecular complexity index is 2190. The average Bonchev–Trinajstić information content (AvgIpc) is 3.37. The van der Waals surface area contributed by atoms with Crippen LogP contribution in [0.2, 0.25) is 5.02 Å². The molecule has 0 N–H and O–H groups in total. The van der Waals surface area contributed by atoms with E-state index in [9.17, 15) is 0 Å². The van der Waals surface area contributed by atoms with E-state index in [0.29, 0.717) is 82.2 Å². The van der Waals surface area contributed by atoms with Crippen LogP contribution in [0.1, 0.15) is 43.4 Å². The fourth-order valence-electron chi connectivity index (χ4n) is 7.63. The molecule has 9 rings (SSSR count). The first-order valence-corrected chi connectivity index (χ1v) is 16.8. The van der Waals surface area contributed by atoms with Gasteiger partial charge in [0, 0.05) is 86.1 Å². The summed E-state index contributed by atoms with van der Waals surface area (Å²) in [6.07, 6.45) is 10.1. The van der Waals surface area contributed by atoms with Crippen molar-refractivity contribution in [3.05, 3.63) is 69.4 Å². The van der Waals surface area contributed by atoms with Gasteiger partial charge in [-0.15, -0.1) is 19.0 Å². The van der Waals surface area contributed by atoms with Crippen LogP contribution in [-0.4, -0.2) is 66.7 Å². The molecule has 2 unspecified atom stereocenters. The molecule has 1 saturated carbocycles. The predicted octanol–water partition coefficient (Wildman–Crippen LogP) is 7.00. The van der Waals surface area contributed by atoms with Gasteiger partial charge in [-0.2, -0.15) is 16.2 Å². The second kappa shape index (κ2) is 14.9. The number of methoxy groups -OCH3 is 1. The van der Waals surface area contributed by atoms with Crippen molar-refractivity contribution >= 4 is 39.2 Å². The SMILES string of the molecule is C.C#Cc1ccc(COc2c(-c3c(C)c(F)cc4n[n-]cc34)c(Cl)c3c4c(nc(OCC5(COC)CC5)nc24)N2C4C[N-][C@@H](C4)C2CO3)cc1.[Ta].[Ta]. The van der Waals surface area contributed by atoms with E-state index in [1.165, 1.54) is 6.07 Å². The molecule has 0 amide bonds. The summed E-state index contributed by atoms with van der Waals surface area (Å²) in [5, 5.41) is 14.7. The van der Waals surface area contributed by atoms with Gasteiger partial charge in [0.15, 0.2) is 11.5 Å². The van der Waals surface area contributed by atoms with Crippen LogP contribution in [0.5, 0.6) is 17.5 Å². The molecular weight excluding hydrogens is 1020 g/mol. The molecule has 2 radical (unpaired) electrons. The zero-order chi connectivity index (χ0) is 33.4. The van der Waals surface area contributed by atoms with Gasteiger partial charge in [0.2, 0.25) is 0 Å². The van der Waals surface area contributed by atoms with Gasteiger partial charge < -0.3 is 39.4 Å². The second-order valence-corrected chi connectivity index (χ2v) is 13.9. The summed E-state index contributed by atoms with van der Waals surface area (Å²) in [5.74, 6) is 3.64. The molecule has 14 heteroatoms. The molecule has 5 heterocycles. The molecular formula is C38H36ClFN6O4Ta2-2. The third-order valence-electron chi connectivity index (χ3n) is 10.4. The molecule has 3 atom stereocenters. The molecule has 4 aliphatic rings. The normalized spacial score (nSPS) is 20.1. The van der Waals surface area contributed by atoms with Crippen LogP contribution in [0.3, 0.4) is 0 Å². The van der Waals surface area contributed by atoms with Crippen molar-refractivity contribution in [2.75, 3.05) is 38.4 Å². The van der Waals surface area contributed by atoms with Gasteiger partial charge in [-0.3, -0.25) is 0 Å². The standard InChI is InChI=1S/C37H32ClFN6O4.CH4.2Ta/c1-4-20-5-7-21(8-6-20)15-47-34-29(28-19(2)24(39)12-25-23(28)14-41-44-25)31(38)33-30-32(34)42-36(49-18-37(9-10-37)17-46-3)43-35(30)45-22-11-26(40-13-22)27(45)16-48-33;;;/h1,5-8,12,14,22,26-27H,9-11,13,15-18H2,2-3H3;1H4;;/q-2;;;/t22?,26-,27?;;;/m0.../s1. The number of piperazine rings is 1. The topological polar surface area (TPSA) is 107 Å². The fraction of sp³-hybridized carbons (Fsp3) is 0.395. The molecule has 3 aliphatic heterocycles. The van der Waals surface area contributed by atoms with Gasteiger partial charge >= 0.3 is 6.01 Å². The Kier molecular flexibility index (Phi) is 11.1. The third kappa shape index (κ3) is 6.32. The van der Waals surface area contributed by atoms with Gasteiger partial charge in [0.1, 0.15) is 30.4 Å². The Morgan fingerprint density at radius 2 is 1.92 bits per heavy atom. The van der Waals surface area contributed by atoms with Gasteiger partial charge in [-0.1, -0.05) is 37.1 Å². The Morgan fingerprint density at radius 1 is 1.13 bits per heavy atom. The quantitative estimate of drug-likeness (QED) is 0.145. The maximum absolute atomic E-state index is 15.6. The maximum atomic E-state index is 15.6. The van der Waals surface area contributed by atoms with E-state index in [2.05, 4.69) is 21.0 Å². The van der Waals surface area contributed by atoms with Crippen molar-refractivity contribution in [1.29, 1.82) is 0 Å². The number of hydrogen-bond acceptors (Lipinski definition) is 8. The number of hydrogen-bond donors (Lipinski definition) is 0. The molecule has 3 fully saturated rings. The fourth-order valence-corrected chi connectivity index (χ4v) is 7.96. The van der Waals surface area contributed by atoms with Gasteiger partial charge in [0.05, 0.1) is 29.1 Å². The molecule has 10 nitrogen and oxygen atoms in total. The smallest absolute Gasteiger partial charge is 0.319 e. The minimum absolute atomic E-state index is 0. The van der Waals surface area contributed by atoms with Crippen molar-refractivity contribution in [2.24, 2.45) is 5.41 Å². The van der Waals surface area contributed by atoms with E-state index < -0.39 is 5.82 Å². The van der Waals surface area contributed by atoms with Crippen LogP contribution in [0.15, 0.2) is 36.5 Å². The van der Waals surface area contributed by atoms with Crippen LogP contribution in [0.4, 0.5) is 10.2 Å². The third-order valence-corrected chi connectivity index (χ3v) is 10.8. The largest absolute Gasteiger partial charge is 0.656 e. The Hall–Kier alpha value is -3.15. The van der Waals surface area contributed by atoms with Crippen molar-refractivity contribution < 1.29 is 68.1 Å². The second-order valence-electron chi connectivity index (χ2n) is 13.5. The van der Waals surface area contributed by atoms with E-state index in [1.807, 2.05) is 24.3 Å². The van der Waals surface area contributed by atoms with Crippen molar-refractivity contribution in [3.63, 3.8) is 0 Å². The van der Waals surface area contributed by atoms with E-state index in [4.69, 9.17) is 52.3 Å². The summed E-state index contributed by atoms with van der Waals surface area (Å²) in [6.45, 7) is 3.91. The van der Waals surface area contributed by atoms with Crippen molar-refractivity contribution in [2.45, 2.75) is 58.3 Å².